The molecule has 0 amide bonds. The molecule has 2 aromatic rings. The van der Waals surface area contributed by atoms with Gasteiger partial charge in [0, 0.05) is 0 Å². The third-order valence-corrected chi connectivity index (χ3v) is 5.86. The molecular weight excluding hydrogens is 411 g/mol. The maximum Gasteiger partial charge on any atom is 0.573 e. The fourth-order valence-corrected chi connectivity index (χ4v) is 4.14. The molecule has 2 aromatic carbocycles. The highest BCUT2D eigenvalue weighted by Gasteiger charge is 2.32. The lowest BCUT2D eigenvalue weighted by molar-refractivity contribution is -0.275. The van der Waals surface area contributed by atoms with Gasteiger partial charge >= 0.3 is 6.36 Å². The monoisotopic (exact) mass is 438 g/mol. The first-order valence-corrected chi connectivity index (χ1v) is 10.7. The molecule has 0 N–H and O–H groups in total. The third-order valence-electron chi connectivity index (χ3n) is 5.86. The molecule has 1 nitrogen and oxygen atoms in total. The SMILES string of the molecule is FCCC=CC1CCC(CCc2ccc(-c3ccc(OC(F)(F)F)c(F)c3)cc2)CC1. The highest BCUT2D eigenvalue weighted by Crippen LogP contribution is 2.33. The Balaban J connectivity index is 1.50. The second kappa shape index (κ2) is 10.8. The summed E-state index contributed by atoms with van der Waals surface area (Å²) in [6, 6.07) is 11.2. The molecule has 1 saturated carbocycles. The van der Waals surface area contributed by atoms with E-state index in [0.717, 1.165) is 43.4 Å². The number of alkyl halides is 4. The van der Waals surface area contributed by atoms with Gasteiger partial charge in [-0.3, -0.25) is 4.39 Å². The van der Waals surface area contributed by atoms with Crippen LogP contribution >= 0.6 is 0 Å². The van der Waals surface area contributed by atoms with Crippen molar-refractivity contribution in [2.45, 2.75) is 51.3 Å². The molecule has 0 aliphatic heterocycles. The average molecular weight is 438 g/mol. The van der Waals surface area contributed by atoms with Crippen LogP contribution in [0.3, 0.4) is 0 Å². The van der Waals surface area contributed by atoms with Crippen molar-refractivity contribution in [3.63, 3.8) is 0 Å². The Hall–Kier alpha value is -2.37. The molecule has 0 aromatic heterocycles. The lowest BCUT2D eigenvalue weighted by Gasteiger charge is -2.26. The summed E-state index contributed by atoms with van der Waals surface area (Å²) < 4.78 is 66.6. The lowest BCUT2D eigenvalue weighted by atomic mass is 9.79. The van der Waals surface area contributed by atoms with Crippen LogP contribution in [0.4, 0.5) is 22.0 Å². The molecule has 3 rings (SSSR count). The molecule has 0 heterocycles. The van der Waals surface area contributed by atoms with Crippen LogP contribution in [0.15, 0.2) is 54.6 Å². The van der Waals surface area contributed by atoms with Gasteiger partial charge in [0.05, 0.1) is 6.67 Å². The number of rotatable bonds is 8. The smallest absolute Gasteiger partial charge is 0.403 e. The minimum Gasteiger partial charge on any atom is -0.403 e. The lowest BCUT2D eigenvalue weighted by Crippen LogP contribution is -2.17. The standard InChI is InChI=1S/C25H27F5O/c26-16-2-1-3-18-4-6-19(7-5-18)8-9-20-10-12-21(13-11-20)22-14-15-24(23(27)17-22)31-25(28,29)30/h1,3,10-15,17-19H,2,4-9,16H2. The Bertz CT molecular complexity index is 849. The number of aryl methyl sites for hydroxylation is 1. The summed E-state index contributed by atoms with van der Waals surface area (Å²) in [6.45, 7) is -0.294. The second-order valence-electron chi connectivity index (χ2n) is 8.12. The van der Waals surface area contributed by atoms with E-state index in [1.165, 1.54) is 24.5 Å². The largest absolute Gasteiger partial charge is 0.573 e. The van der Waals surface area contributed by atoms with E-state index in [2.05, 4.69) is 10.8 Å². The summed E-state index contributed by atoms with van der Waals surface area (Å²) in [6.07, 6.45) is 6.47. The summed E-state index contributed by atoms with van der Waals surface area (Å²) in [7, 11) is 0. The van der Waals surface area contributed by atoms with Gasteiger partial charge in [-0.05, 0) is 85.6 Å². The van der Waals surface area contributed by atoms with Gasteiger partial charge in [-0.1, -0.05) is 42.5 Å². The van der Waals surface area contributed by atoms with Crippen molar-refractivity contribution in [2.24, 2.45) is 11.8 Å². The summed E-state index contributed by atoms with van der Waals surface area (Å²) in [5.41, 5.74) is 2.42. The Morgan fingerprint density at radius 3 is 2.23 bits per heavy atom. The number of benzene rings is 2. The van der Waals surface area contributed by atoms with E-state index in [1.54, 1.807) is 0 Å². The molecule has 31 heavy (non-hydrogen) atoms. The van der Waals surface area contributed by atoms with Gasteiger partial charge in [-0.15, -0.1) is 13.2 Å². The maximum atomic E-state index is 13.9. The van der Waals surface area contributed by atoms with E-state index in [-0.39, 0.29) is 6.67 Å². The predicted octanol–water partition coefficient (Wildman–Crippen LogP) is 8.05. The molecule has 0 radical (unpaired) electrons. The van der Waals surface area contributed by atoms with Crippen molar-refractivity contribution in [2.75, 3.05) is 6.67 Å². The highest BCUT2D eigenvalue weighted by molar-refractivity contribution is 5.64. The fraction of sp³-hybridized carbons (Fsp3) is 0.440. The summed E-state index contributed by atoms with van der Waals surface area (Å²) in [4.78, 5) is 0. The first-order valence-electron chi connectivity index (χ1n) is 10.7. The van der Waals surface area contributed by atoms with Gasteiger partial charge in [0.2, 0.25) is 0 Å². The van der Waals surface area contributed by atoms with Gasteiger partial charge in [0.25, 0.3) is 0 Å². The van der Waals surface area contributed by atoms with Gasteiger partial charge < -0.3 is 4.74 Å². The van der Waals surface area contributed by atoms with Gasteiger partial charge in [0.15, 0.2) is 11.6 Å². The fourth-order valence-electron chi connectivity index (χ4n) is 4.14. The molecular formula is C25H27F5O. The van der Waals surface area contributed by atoms with E-state index in [1.807, 2.05) is 30.3 Å². The Kier molecular flexibility index (Phi) is 8.10. The molecule has 0 atom stereocenters. The number of allylic oxidation sites excluding steroid dienone is 2. The first-order chi connectivity index (χ1) is 14.8. The van der Waals surface area contributed by atoms with Crippen LogP contribution in [0, 0.1) is 17.7 Å². The normalized spacial score (nSPS) is 19.6. The van der Waals surface area contributed by atoms with Gasteiger partial charge in [0.1, 0.15) is 0 Å². The molecule has 0 unspecified atom stereocenters. The molecule has 0 bridgehead atoms. The summed E-state index contributed by atoms with van der Waals surface area (Å²) >= 11 is 0. The van der Waals surface area contributed by atoms with E-state index < -0.39 is 17.9 Å². The number of halogens is 5. The average Bonchev–Trinajstić information content (AvgIpc) is 2.74. The minimum atomic E-state index is -4.92. The Labute approximate surface area is 179 Å². The second-order valence-corrected chi connectivity index (χ2v) is 8.12. The topological polar surface area (TPSA) is 9.23 Å². The van der Waals surface area contributed by atoms with Crippen molar-refractivity contribution < 1.29 is 26.7 Å². The molecule has 168 valence electrons. The van der Waals surface area contributed by atoms with E-state index in [0.29, 0.717) is 23.8 Å². The maximum absolute atomic E-state index is 13.9. The molecule has 1 aliphatic rings. The van der Waals surface area contributed by atoms with Crippen molar-refractivity contribution >= 4 is 0 Å². The van der Waals surface area contributed by atoms with Crippen LogP contribution in [0.2, 0.25) is 0 Å². The van der Waals surface area contributed by atoms with Crippen LogP contribution in [0.25, 0.3) is 11.1 Å². The number of hydrogen-bond donors (Lipinski definition) is 0. The van der Waals surface area contributed by atoms with Crippen molar-refractivity contribution in [1.82, 2.24) is 0 Å². The van der Waals surface area contributed by atoms with Crippen LogP contribution in [-0.2, 0) is 6.42 Å². The third kappa shape index (κ3) is 7.37. The molecule has 6 heteroatoms. The predicted molar refractivity (Wildman–Crippen MR) is 112 cm³/mol. The zero-order valence-electron chi connectivity index (χ0n) is 17.3. The molecule has 1 fully saturated rings. The zero-order valence-corrected chi connectivity index (χ0v) is 17.3. The number of ether oxygens (including phenoxy) is 1. The van der Waals surface area contributed by atoms with E-state index >= 15 is 0 Å². The molecule has 0 spiro atoms. The molecule has 0 saturated heterocycles. The molecule has 1 aliphatic carbocycles. The minimum absolute atomic E-state index is 0.294. The summed E-state index contributed by atoms with van der Waals surface area (Å²) in [5, 5.41) is 0. The Morgan fingerprint density at radius 1 is 0.935 bits per heavy atom. The summed E-state index contributed by atoms with van der Waals surface area (Å²) in [5.74, 6) is -0.606. The van der Waals surface area contributed by atoms with E-state index in [4.69, 9.17) is 0 Å². The van der Waals surface area contributed by atoms with E-state index in [9.17, 15) is 22.0 Å². The van der Waals surface area contributed by atoms with Crippen molar-refractivity contribution in [3.05, 3.63) is 66.0 Å². The van der Waals surface area contributed by atoms with Crippen molar-refractivity contribution in [3.8, 4) is 16.9 Å². The highest BCUT2D eigenvalue weighted by atomic mass is 19.4. The van der Waals surface area contributed by atoms with Gasteiger partial charge in [-0.25, -0.2) is 4.39 Å². The van der Waals surface area contributed by atoms with Crippen LogP contribution in [0.5, 0.6) is 5.75 Å². The van der Waals surface area contributed by atoms with Crippen molar-refractivity contribution in [1.29, 1.82) is 0 Å². The zero-order chi connectivity index (χ0) is 22.3. The number of hydrogen-bond acceptors (Lipinski definition) is 1. The first kappa shape index (κ1) is 23.3. The Morgan fingerprint density at radius 2 is 1.61 bits per heavy atom. The van der Waals surface area contributed by atoms with Crippen LogP contribution in [0.1, 0.15) is 44.1 Å². The van der Waals surface area contributed by atoms with Gasteiger partial charge in [-0.2, -0.15) is 0 Å². The quantitative estimate of drug-likeness (QED) is 0.299. The van der Waals surface area contributed by atoms with Crippen LogP contribution < -0.4 is 4.74 Å². The van der Waals surface area contributed by atoms with Crippen LogP contribution in [-0.4, -0.2) is 13.0 Å².